The van der Waals surface area contributed by atoms with Gasteiger partial charge in [-0.15, -0.1) is 0 Å². The maximum atomic E-state index is 2.62. The molecule has 0 amide bonds. The number of benzene rings is 1. The van der Waals surface area contributed by atoms with Crippen molar-refractivity contribution in [3.63, 3.8) is 0 Å². The second-order valence-electron chi connectivity index (χ2n) is 4.86. The normalized spacial score (nSPS) is 17.9. The number of hydrogen-bond acceptors (Lipinski definition) is 2. The van der Waals surface area contributed by atoms with Crippen molar-refractivity contribution >= 4 is 12.4 Å². The first-order valence-corrected chi connectivity index (χ1v) is 6.89. The molecule has 17 heavy (non-hydrogen) atoms. The Balaban J connectivity index is 2.17. The summed E-state index contributed by atoms with van der Waals surface area (Å²) >= 11 is 0. The fourth-order valence-electron chi connectivity index (χ4n) is 2.82. The van der Waals surface area contributed by atoms with Crippen LogP contribution in [0.3, 0.4) is 0 Å². The lowest BCUT2D eigenvalue weighted by molar-refractivity contribution is 0.461. The van der Waals surface area contributed by atoms with E-state index in [2.05, 4.69) is 53.8 Å². The molecule has 0 saturated carbocycles. The van der Waals surface area contributed by atoms with Crippen molar-refractivity contribution in [2.45, 2.75) is 26.7 Å². The van der Waals surface area contributed by atoms with Crippen molar-refractivity contribution in [3.05, 3.63) is 30.3 Å². The van der Waals surface area contributed by atoms with Gasteiger partial charge >= 0.3 is 6.98 Å². The molecule has 92 valence electrons. The first-order valence-electron chi connectivity index (χ1n) is 6.89. The van der Waals surface area contributed by atoms with Crippen LogP contribution < -0.4 is 5.46 Å². The fraction of sp³-hybridized carbons (Fsp3) is 0.571. The minimum Gasteiger partial charge on any atom is -0.323 e. The summed E-state index contributed by atoms with van der Waals surface area (Å²) in [7, 11) is 0. The minimum absolute atomic E-state index is 0.510. The summed E-state index contributed by atoms with van der Waals surface area (Å²) < 4.78 is 0. The van der Waals surface area contributed by atoms with Gasteiger partial charge in [-0.05, 0) is 31.4 Å². The van der Waals surface area contributed by atoms with E-state index in [0.717, 1.165) is 0 Å². The molecule has 0 aliphatic carbocycles. The topological polar surface area (TPSA) is 6.48 Å². The van der Waals surface area contributed by atoms with Gasteiger partial charge in [-0.3, -0.25) is 0 Å². The molecule has 1 heterocycles. The van der Waals surface area contributed by atoms with Crippen LogP contribution in [-0.4, -0.2) is 42.8 Å². The Bertz CT molecular complexity index is 314. The highest BCUT2D eigenvalue weighted by Gasteiger charge is 2.36. The van der Waals surface area contributed by atoms with Crippen LogP contribution in [0.5, 0.6) is 0 Å². The predicted octanol–water partition coefficient (Wildman–Crippen LogP) is 1.82. The molecule has 0 atom stereocenters. The molecule has 1 fully saturated rings. The standard InChI is InChI=1S/C14H23BN2/c1-3-10-16-12-13-17(11-4-2)15(16)14-8-6-5-7-9-14/h5-9H,3-4,10-13H2,1-2H3. The summed E-state index contributed by atoms with van der Waals surface area (Å²) in [6.07, 6.45) is 2.48. The molecule has 1 aliphatic heterocycles. The highest BCUT2D eigenvalue weighted by atomic mass is 15.3. The van der Waals surface area contributed by atoms with Gasteiger partial charge < -0.3 is 9.62 Å². The highest BCUT2D eigenvalue weighted by Crippen LogP contribution is 2.12. The maximum absolute atomic E-state index is 2.62. The van der Waals surface area contributed by atoms with E-state index < -0.39 is 0 Å². The third-order valence-electron chi connectivity index (χ3n) is 3.49. The Hall–Kier alpha value is -0.795. The molecule has 1 aromatic carbocycles. The molecule has 2 nitrogen and oxygen atoms in total. The third-order valence-corrected chi connectivity index (χ3v) is 3.49. The Labute approximate surface area is 106 Å². The van der Waals surface area contributed by atoms with E-state index in [0.29, 0.717) is 6.98 Å². The smallest absolute Gasteiger partial charge is 0.323 e. The van der Waals surface area contributed by atoms with Crippen LogP contribution >= 0.6 is 0 Å². The lowest BCUT2D eigenvalue weighted by atomic mass is 9.65. The second kappa shape index (κ2) is 6.22. The zero-order valence-corrected chi connectivity index (χ0v) is 11.1. The number of rotatable bonds is 5. The summed E-state index contributed by atoms with van der Waals surface area (Å²) in [4.78, 5) is 5.23. The Kier molecular flexibility index (Phi) is 4.63. The third kappa shape index (κ3) is 2.91. The molecular weight excluding hydrogens is 207 g/mol. The summed E-state index contributed by atoms with van der Waals surface area (Å²) in [5.41, 5.74) is 1.45. The Morgan fingerprint density at radius 2 is 1.47 bits per heavy atom. The molecular formula is C14H23BN2. The summed E-state index contributed by atoms with van der Waals surface area (Å²) in [5, 5.41) is 0. The maximum Gasteiger partial charge on any atom is 0.346 e. The molecule has 3 heteroatoms. The van der Waals surface area contributed by atoms with Gasteiger partial charge in [-0.2, -0.15) is 0 Å². The van der Waals surface area contributed by atoms with Crippen LogP contribution in [0, 0.1) is 0 Å². The summed E-state index contributed by atoms with van der Waals surface area (Å²) in [6.45, 7) is 9.89. The second-order valence-corrected chi connectivity index (χ2v) is 4.86. The van der Waals surface area contributed by atoms with Gasteiger partial charge in [0, 0.05) is 13.1 Å². The van der Waals surface area contributed by atoms with Gasteiger partial charge in [-0.25, -0.2) is 0 Å². The van der Waals surface area contributed by atoms with E-state index in [-0.39, 0.29) is 0 Å². The van der Waals surface area contributed by atoms with Crippen LogP contribution in [-0.2, 0) is 0 Å². The van der Waals surface area contributed by atoms with Crippen LogP contribution in [0.2, 0.25) is 0 Å². The molecule has 0 bridgehead atoms. The molecule has 1 aromatic rings. The Morgan fingerprint density at radius 1 is 0.941 bits per heavy atom. The largest absolute Gasteiger partial charge is 0.346 e. The van der Waals surface area contributed by atoms with Crippen LogP contribution in [0.4, 0.5) is 0 Å². The van der Waals surface area contributed by atoms with Gasteiger partial charge in [0.15, 0.2) is 0 Å². The molecule has 2 rings (SSSR count). The van der Waals surface area contributed by atoms with Crippen molar-refractivity contribution in [3.8, 4) is 0 Å². The molecule has 0 aromatic heterocycles. The van der Waals surface area contributed by atoms with E-state index in [1.165, 1.54) is 44.5 Å². The molecule has 0 radical (unpaired) electrons. The monoisotopic (exact) mass is 230 g/mol. The average molecular weight is 230 g/mol. The van der Waals surface area contributed by atoms with E-state index in [4.69, 9.17) is 0 Å². The quantitative estimate of drug-likeness (QED) is 0.712. The van der Waals surface area contributed by atoms with Crippen molar-refractivity contribution in [1.29, 1.82) is 0 Å². The van der Waals surface area contributed by atoms with Crippen LogP contribution in [0.1, 0.15) is 26.7 Å². The first kappa shape index (κ1) is 12.7. The Morgan fingerprint density at radius 3 is 1.94 bits per heavy atom. The zero-order valence-electron chi connectivity index (χ0n) is 11.1. The van der Waals surface area contributed by atoms with Gasteiger partial charge in [0.05, 0.1) is 0 Å². The first-order chi connectivity index (χ1) is 8.36. The highest BCUT2D eigenvalue weighted by molar-refractivity contribution is 6.68. The van der Waals surface area contributed by atoms with Gasteiger partial charge in [0.2, 0.25) is 0 Å². The average Bonchev–Trinajstić information content (AvgIpc) is 2.74. The molecule has 1 saturated heterocycles. The van der Waals surface area contributed by atoms with Gasteiger partial charge in [0.1, 0.15) is 0 Å². The van der Waals surface area contributed by atoms with Crippen LogP contribution in [0.25, 0.3) is 0 Å². The minimum atomic E-state index is 0.510. The SMILES string of the molecule is CCCN1CCN(CCC)B1c1ccccc1. The molecule has 1 aliphatic rings. The lowest BCUT2D eigenvalue weighted by Crippen LogP contribution is -2.53. The van der Waals surface area contributed by atoms with E-state index in [1.807, 2.05) is 0 Å². The fourth-order valence-corrected chi connectivity index (χ4v) is 2.82. The predicted molar refractivity (Wildman–Crippen MR) is 75.6 cm³/mol. The molecule has 0 spiro atoms. The summed E-state index contributed by atoms with van der Waals surface area (Å²) in [5.74, 6) is 0. The zero-order chi connectivity index (χ0) is 12.1. The van der Waals surface area contributed by atoms with Crippen molar-refractivity contribution in [2.24, 2.45) is 0 Å². The molecule has 0 unspecified atom stereocenters. The van der Waals surface area contributed by atoms with Gasteiger partial charge in [-0.1, -0.05) is 44.2 Å². The number of hydrogen-bond donors (Lipinski definition) is 0. The summed E-state index contributed by atoms with van der Waals surface area (Å²) in [6, 6.07) is 10.9. The van der Waals surface area contributed by atoms with E-state index >= 15 is 0 Å². The van der Waals surface area contributed by atoms with E-state index in [9.17, 15) is 0 Å². The van der Waals surface area contributed by atoms with Crippen molar-refractivity contribution in [1.82, 2.24) is 9.62 Å². The molecule has 0 N–H and O–H groups in total. The van der Waals surface area contributed by atoms with Crippen molar-refractivity contribution in [2.75, 3.05) is 26.2 Å². The van der Waals surface area contributed by atoms with Crippen molar-refractivity contribution < 1.29 is 0 Å². The van der Waals surface area contributed by atoms with Crippen LogP contribution in [0.15, 0.2) is 30.3 Å². The van der Waals surface area contributed by atoms with Gasteiger partial charge in [0.25, 0.3) is 0 Å². The number of nitrogens with zero attached hydrogens (tertiary/aromatic N) is 2. The van der Waals surface area contributed by atoms with E-state index in [1.54, 1.807) is 0 Å². The lowest BCUT2D eigenvalue weighted by Gasteiger charge is -2.26.